The Labute approximate surface area is 97.4 Å². The van der Waals surface area contributed by atoms with Crippen molar-refractivity contribution in [3.8, 4) is 0 Å². The van der Waals surface area contributed by atoms with Gasteiger partial charge in [0.2, 0.25) is 5.91 Å². The van der Waals surface area contributed by atoms with Crippen LogP contribution >= 0.6 is 22.6 Å². The topological polar surface area (TPSA) is 20.3 Å². The van der Waals surface area contributed by atoms with Gasteiger partial charge >= 0.3 is 0 Å². The van der Waals surface area contributed by atoms with Crippen LogP contribution in [0, 0.1) is 3.57 Å². The van der Waals surface area contributed by atoms with Gasteiger partial charge in [0.05, 0.1) is 5.41 Å². The van der Waals surface area contributed by atoms with Crippen molar-refractivity contribution in [1.82, 2.24) is 0 Å². The van der Waals surface area contributed by atoms with E-state index < -0.39 is 0 Å². The lowest BCUT2D eigenvalue weighted by atomic mass is 9.86. The number of anilines is 1. The second-order valence-corrected chi connectivity index (χ2v) is 5.40. The molecule has 1 aliphatic rings. The molecule has 1 aromatic carbocycles. The van der Waals surface area contributed by atoms with E-state index in [-0.39, 0.29) is 11.3 Å². The average Bonchev–Trinajstić information content (AvgIpc) is 2.28. The van der Waals surface area contributed by atoms with Crippen LogP contribution in [0.3, 0.4) is 0 Å². The number of rotatable bonds is 0. The largest absolute Gasteiger partial charge is 0.314 e. The van der Waals surface area contributed by atoms with E-state index in [4.69, 9.17) is 0 Å². The SMILES string of the molecule is CN1C(=O)C(C)(C)c2ccc(I)cc21. The summed E-state index contributed by atoms with van der Waals surface area (Å²) in [5.74, 6) is 0.175. The molecule has 0 aliphatic carbocycles. The Morgan fingerprint density at radius 1 is 1.36 bits per heavy atom. The lowest BCUT2D eigenvalue weighted by Gasteiger charge is -2.16. The minimum absolute atomic E-state index is 0.175. The third kappa shape index (κ3) is 1.18. The lowest BCUT2D eigenvalue weighted by Crippen LogP contribution is -2.33. The van der Waals surface area contributed by atoms with E-state index in [1.807, 2.05) is 27.0 Å². The smallest absolute Gasteiger partial charge is 0.236 e. The van der Waals surface area contributed by atoms with Gasteiger partial charge in [-0.25, -0.2) is 0 Å². The molecular formula is C11H12INO. The van der Waals surface area contributed by atoms with Crippen LogP contribution in [-0.2, 0) is 10.2 Å². The van der Waals surface area contributed by atoms with E-state index in [0.717, 1.165) is 11.3 Å². The van der Waals surface area contributed by atoms with Gasteiger partial charge in [-0.15, -0.1) is 0 Å². The van der Waals surface area contributed by atoms with E-state index in [2.05, 4.69) is 34.7 Å². The Morgan fingerprint density at radius 3 is 2.64 bits per heavy atom. The molecule has 14 heavy (non-hydrogen) atoms. The maximum Gasteiger partial charge on any atom is 0.236 e. The zero-order valence-corrected chi connectivity index (χ0v) is 10.6. The highest BCUT2D eigenvalue weighted by atomic mass is 127. The number of amides is 1. The molecular weight excluding hydrogens is 289 g/mol. The van der Waals surface area contributed by atoms with Crippen LogP contribution < -0.4 is 4.90 Å². The van der Waals surface area contributed by atoms with Crippen molar-refractivity contribution in [3.05, 3.63) is 27.3 Å². The first-order valence-corrected chi connectivity index (χ1v) is 5.60. The van der Waals surface area contributed by atoms with Gasteiger partial charge in [-0.3, -0.25) is 4.79 Å². The van der Waals surface area contributed by atoms with Gasteiger partial charge in [0, 0.05) is 16.3 Å². The zero-order chi connectivity index (χ0) is 10.5. The van der Waals surface area contributed by atoms with Crippen molar-refractivity contribution < 1.29 is 4.79 Å². The summed E-state index contributed by atoms with van der Waals surface area (Å²) in [5.41, 5.74) is 1.81. The highest BCUT2D eigenvalue weighted by molar-refractivity contribution is 14.1. The minimum Gasteiger partial charge on any atom is -0.314 e. The van der Waals surface area contributed by atoms with Crippen molar-refractivity contribution in [2.45, 2.75) is 19.3 Å². The van der Waals surface area contributed by atoms with Gasteiger partial charge in [-0.1, -0.05) is 6.07 Å². The summed E-state index contributed by atoms with van der Waals surface area (Å²) in [7, 11) is 1.84. The quantitative estimate of drug-likeness (QED) is 0.674. The van der Waals surface area contributed by atoms with E-state index >= 15 is 0 Å². The predicted molar refractivity (Wildman–Crippen MR) is 65.6 cm³/mol. The van der Waals surface area contributed by atoms with Crippen LogP contribution in [0.2, 0.25) is 0 Å². The number of fused-ring (bicyclic) bond motifs is 1. The molecule has 1 heterocycles. The highest BCUT2D eigenvalue weighted by Gasteiger charge is 2.41. The van der Waals surface area contributed by atoms with Gasteiger partial charge in [-0.2, -0.15) is 0 Å². The molecule has 74 valence electrons. The highest BCUT2D eigenvalue weighted by Crippen LogP contribution is 2.41. The van der Waals surface area contributed by atoms with Gasteiger partial charge < -0.3 is 4.90 Å². The summed E-state index contributed by atoms with van der Waals surface area (Å²) in [6.07, 6.45) is 0. The van der Waals surface area contributed by atoms with Gasteiger partial charge in [-0.05, 0) is 54.1 Å². The molecule has 1 aliphatic heterocycles. The number of carbonyl (C=O) groups excluding carboxylic acids is 1. The Bertz CT molecular complexity index is 412. The van der Waals surface area contributed by atoms with Crippen LogP contribution in [0.1, 0.15) is 19.4 Å². The third-order valence-corrected chi connectivity index (χ3v) is 3.50. The molecule has 0 radical (unpaired) electrons. The number of nitrogens with zero attached hydrogens (tertiary/aromatic N) is 1. The molecule has 1 aromatic rings. The zero-order valence-electron chi connectivity index (χ0n) is 8.47. The maximum atomic E-state index is 11.9. The van der Waals surface area contributed by atoms with E-state index in [1.54, 1.807) is 4.90 Å². The normalized spacial score (nSPS) is 18.6. The molecule has 0 N–H and O–H groups in total. The standard InChI is InChI=1S/C11H12INO/c1-11(2)8-5-4-7(12)6-9(8)13(3)10(11)14/h4-6H,1-3H3. The van der Waals surface area contributed by atoms with Crippen LogP contribution in [-0.4, -0.2) is 13.0 Å². The number of benzene rings is 1. The Kier molecular flexibility index (Phi) is 2.10. The first kappa shape index (κ1) is 9.96. The number of hydrogen-bond donors (Lipinski definition) is 0. The predicted octanol–water partition coefficient (Wildman–Crippen LogP) is 2.55. The summed E-state index contributed by atoms with van der Waals surface area (Å²) < 4.78 is 1.17. The second kappa shape index (κ2) is 2.95. The van der Waals surface area contributed by atoms with E-state index in [9.17, 15) is 4.79 Å². The molecule has 0 aromatic heterocycles. The molecule has 0 spiro atoms. The van der Waals surface area contributed by atoms with Crippen molar-refractivity contribution in [3.63, 3.8) is 0 Å². The van der Waals surface area contributed by atoms with Crippen molar-refractivity contribution in [1.29, 1.82) is 0 Å². The number of likely N-dealkylation sites (N-methyl/N-ethyl adjacent to an activating group) is 1. The van der Waals surface area contributed by atoms with Crippen molar-refractivity contribution >= 4 is 34.2 Å². The average molecular weight is 301 g/mol. The Hall–Kier alpha value is -0.580. The first-order chi connectivity index (χ1) is 6.44. The fourth-order valence-electron chi connectivity index (χ4n) is 1.95. The molecule has 3 heteroatoms. The maximum absolute atomic E-state index is 11.9. The number of halogens is 1. The molecule has 0 unspecified atom stereocenters. The monoisotopic (exact) mass is 301 g/mol. The molecule has 0 fully saturated rings. The molecule has 0 bridgehead atoms. The lowest BCUT2D eigenvalue weighted by molar-refractivity contribution is -0.121. The summed E-state index contributed by atoms with van der Waals surface area (Å²) >= 11 is 2.26. The van der Waals surface area contributed by atoms with Crippen molar-refractivity contribution in [2.24, 2.45) is 0 Å². The van der Waals surface area contributed by atoms with Crippen molar-refractivity contribution in [2.75, 3.05) is 11.9 Å². The molecule has 2 rings (SSSR count). The molecule has 0 saturated carbocycles. The summed E-state index contributed by atoms with van der Waals surface area (Å²) in [6, 6.07) is 6.16. The van der Waals surface area contributed by atoms with Crippen LogP contribution in [0.5, 0.6) is 0 Å². The molecule has 1 amide bonds. The number of carbonyl (C=O) groups is 1. The summed E-state index contributed by atoms with van der Waals surface area (Å²) in [6.45, 7) is 3.95. The third-order valence-electron chi connectivity index (χ3n) is 2.83. The molecule has 0 atom stereocenters. The molecule has 2 nitrogen and oxygen atoms in total. The van der Waals surface area contributed by atoms with Crippen LogP contribution in [0.25, 0.3) is 0 Å². The van der Waals surface area contributed by atoms with E-state index in [0.29, 0.717) is 0 Å². The fraction of sp³-hybridized carbons (Fsp3) is 0.364. The first-order valence-electron chi connectivity index (χ1n) is 4.53. The fourth-order valence-corrected chi connectivity index (χ4v) is 2.43. The van der Waals surface area contributed by atoms with Gasteiger partial charge in [0.25, 0.3) is 0 Å². The summed E-state index contributed by atoms with van der Waals surface area (Å²) in [5, 5.41) is 0. The summed E-state index contributed by atoms with van der Waals surface area (Å²) in [4.78, 5) is 13.7. The van der Waals surface area contributed by atoms with Crippen LogP contribution in [0.4, 0.5) is 5.69 Å². The molecule has 0 saturated heterocycles. The Balaban J connectivity index is 2.68. The van der Waals surface area contributed by atoms with Gasteiger partial charge in [0.15, 0.2) is 0 Å². The van der Waals surface area contributed by atoms with E-state index in [1.165, 1.54) is 3.57 Å². The Morgan fingerprint density at radius 2 is 2.00 bits per heavy atom. The number of hydrogen-bond acceptors (Lipinski definition) is 1. The van der Waals surface area contributed by atoms with Crippen LogP contribution in [0.15, 0.2) is 18.2 Å². The van der Waals surface area contributed by atoms with Gasteiger partial charge in [0.1, 0.15) is 0 Å². The second-order valence-electron chi connectivity index (χ2n) is 4.15. The minimum atomic E-state index is -0.367.